The molecule has 2 N–H and O–H groups in total. The van der Waals surface area contributed by atoms with Crippen molar-refractivity contribution in [3.8, 4) is 0 Å². The Morgan fingerprint density at radius 3 is 2.00 bits per heavy atom. The summed E-state index contributed by atoms with van der Waals surface area (Å²) in [4.78, 5) is 20.7. The van der Waals surface area contributed by atoms with Gasteiger partial charge in [0.25, 0.3) is 0 Å². The van der Waals surface area contributed by atoms with Crippen LogP contribution >= 0.6 is 0 Å². The number of aromatic nitrogens is 2. The summed E-state index contributed by atoms with van der Waals surface area (Å²) in [6.07, 6.45) is 1.47. The highest BCUT2D eigenvalue weighted by Crippen LogP contribution is 2.08. The van der Waals surface area contributed by atoms with Gasteiger partial charge in [-0.15, -0.1) is 0 Å². The third kappa shape index (κ3) is 7.56. The second-order valence-electron chi connectivity index (χ2n) is 3.26. The molecule has 0 bridgehead atoms. The van der Waals surface area contributed by atoms with Crippen LogP contribution in [0, 0.1) is 0 Å². The lowest BCUT2D eigenvalue weighted by atomic mass is 10.2. The number of hydrogen-bond donors (Lipinski definition) is 1. The number of nitrogen functional groups attached to an aromatic ring is 1. The predicted molar refractivity (Wildman–Crippen MR) is 71.5 cm³/mol. The fourth-order valence-electron chi connectivity index (χ4n) is 0.922. The number of methoxy groups -OCH3 is 1. The van der Waals surface area contributed by atoms with Crippen LogP contribution in [0.1, 0.15) is 38.1 Å². The molecule has 18 heavy (non-hydrogen) atoms. The molecule has 0 saturated carbocycles. The van der Waals surface area contributed by atoms with Gasteiger partial charge in [-0.25, -0.2) is 0 Å². The van der Waals surface area contributed by atoms with Crippen molar-refractivity contribution >= 4 is 17.4 Å². The largest absolute Gasteiger partial charge is 0.383 e. The number of aryl methyl sites for hydroxylation is 1. The Hall–Kier alpha value is -1.69. The van der Waals surface area contributed by atoms with Gasteiger partial charge >= 0.3 is 0 Å². The van der Waals surface area contributed by atoms with Gasteiger partial charge in [-0.2, -0.15) is 5.10 Å². The first-order chi connectivity index (χ1) is 8.40. The second kappa shape index (κ2) is 10.5. The predicted octanol–water partition coefficient (Wildman–Crippen LogP) is 1.45. The van der Waals surface area contributed by atoms with Crippen LogP contribution in [0.3, 0.4) is 0 Å². The molecule has 1 rings (SSSR count). The quantitative estimate of drug-likeness (QED) is 0.828. The molecule has 0 aliphatic heterocycles. The highest BCUT2D eigenvalue weighted by atomic mass is 16.5. The summed E-state index contributed by atoms with van der Waals surface area (Å²) in [6, 6.07) is 0. The Morgan fingerprint density at radius 1 is 1.39 bits per heavy atom. The summed E-state index contributed by atoms with van der Waals surface area (Å²) in [5, 5.41) is 3.81. The maximum Gasteiger partial charge on any atom is 0.165 e. The van der Waals surface area contributed by atoms with E-state index >= 15 is 0 Å². The van der Waals surface area contributed by atoms with Crippen LogP contribution < -0.4 is 5.73 Å². The first-order valence-electron chi connectivity index (χ1n) is 5.67. The van der Waals surface area contributed by atoms with Crippen molar-refractivity contribution in [2.24, 2.45) is 7.05 Å². The van der Waals surface area contributed by atoms with E-state index in [9.17, 15) is 9.59 Å². The average molecular weight is 257 g/mol. The van der Waals surface area contributed by atoms with E-state index < -0.39 is 0 Å². The molecule has 0 radical (unpaired) electrons. The van der Waals surface area contributed by atoms with Crippen molar-refractivity contribution in [2.45, 2.75) is 27.7 Å². The molecule has 0 atom stereocenters. The zero-order chi connectivity index (χ0) is 14.7. The highest BCUT2D eigenvalue weighted by molar-refractivity contribution is 5.98. The van der Waals surface area contributed by atoms with Crippen LogP contribution in [0.5, 0.6) is 0 Å². The zero-order valence-electron chi connectivity index (χ0n) is 12.0. The molecule has 104 valence electrons. The van der Waals surface area contributed by atoms with Crippen molar-refractivity contribution in [2.75, 3.05) is 19.5 Å². The Kier molecular flexibility index (Phi) is 10.9. The minimum atomic E-state index is -0.0504. The maximum atomic E-state index is 10.7. The summed E-state index contributed by atoms with van der Waals surface area (Å²) in [6.45, 7) is 7.19. The van der Waals surface area contributed by atoms with Gasteiger partial charge in [-0.05, 0) is 13.8 Å². The minimum absolute atomic E-state index is 0.0504. The fourth-order valence-corrected chi connectivity index (χ4v) is 0.922. The van der Waals surface area contributed by atoms with Gasteiger partial charge in [-0.3, -0.25) is 14.3 Å². The second-order valence-corrected chi connectivity index (χ2v) is 3.26. The molecule has 1 aromatic rings. The molecule has 1 heterocycles. The smallest absolute Gasteiger partial charge is 0.165 e. The molecule has 0 spiro atoms. The Labute approximate surface area is 108 Å². The number of carbonyl (C=O) groups is 2. The SMILES string of the molecule is CC.CC(=O)c1cnn(C)c1N.COCC(C)=O. The van der Waals surface area contributed by atoms with Gasteiger partial charge in [0.05, 0.1) is 11.8 Å². The standard InChI is InChI=1S/C6H9N3O.C4H8O2.C2H6/c1-4(10)5-3-8-9(2)6(5)7;1-4(5)3-6-2;1-2/h3H,7H2,1-2H3;3H2,1-2H3;1-2H3. The van der Waals surface area contributed by atoms with Crippen LogP contribution in [0.4, 0.5) is 5.82 Å². The third-order valence-corrected chi connectivity index (χ3v) is 1.71. The van der Waals surface area contributed by atoms with Gasteiger partial charge in [0.1, 0.15) is 12.4 Å². The molecule has 0 aliphatic rings. The number of ether oxygens (including phenoxy) is 1. The van der Waals surface area contributed by atoms with E-state index in [2.05, 4.69) is 9.84 Å². The number of hydrogen-bond acceptors (Lipinski definition) is 5. The van der Waals surface area contributed by atoms with E-state index in [1.807, 2.05) is 13.8 Å². The van der Waals surface area contributed by atoms with Gasteiger partial charge in [-0.1, -0.05) is 13.8 Å². The van der Waals surface area contributed by atoms with Crippen LogP contribution in [0.2, 0.25) is 0 Å². The molecule has 0 aliphatic carbocycles. The number of carbonyl (C=O) groups excluding carboxylic acids is 2. The minimum Gasteiger partial charge on any atom is -0.383 e. The van der Waals surface area contributed by atoms with E-state index in [-0.39, 0.29) is 18.2 Å². The summed E-state index contributed by atoms with van der Waals surface area (Å²) >= 11 is 0. The number of Topliss-reactive ketones (excluding diaryl/α,β-unsaturated/α-hetero) is 2. The van der Waals surface area contributed by atoms with Gasteiger partial charge < -0.3 is 10.5 Å². The molecule has 6 heteroatoms. The van der Waals surface area contributed by atoms with Crippen LogP contribution in [0.25, 0.3) is 0 Å². The Morgan fingerprint density at radius 2 is 1.89 bits per heavy atom. The zero-order valence-corrected chi connectivity index (χ0v) is 12.0. The first kappa shape index (κ1) is 18.7. The molecule has 6 nitrogen and oxygen atoms in total. The lowest BCUT2D eigenvalue weighted by molar-refractivity contribution is -0.120. The molecule has 0 amide bonds. The lowest BCUT2D eigenvalue weighted by Gasteiger charge is -1.93. The maximum absolute atomic E-state index is 10.7. The topological polar surface area (TPSA) is 87.2 Å². The van der Waals surface area contributed by atoms with Crippen molar-refractivity contribution in [1.82, 2.24) is 9.78 Å². The first-order valence-corrected chi connectivity index (χ1v) is 5.67. The highest BCUT2D eigenvalue weighted by Gasteiger charge is 2.07. The number of anilines is 1. The monoisotopic (exact) mass is 257 g/mol. The number of ketones is 2. The van der Waals surface area contributed by atoms with E-state index in [1.54, 1.807) is 7.05 Å². The normalized spacial score (nSPS) is 8.56. The average Bonchev–Trinajstić information content (AvgIpc) is 2.63. The molecule has 0 saturated heterocycles. The Balaban J connectivity index is 0. The summed E-state index contributed by atoms with van der Waals surface area (Å²) in [7, 11) is 3.20. The number of nitrogens with two attached hydrogens (primary N) is 1. The van der Waals surface area contributed by atoms with E-state index in [1.165, 1.54) is 31.8 Å². The van der Waals surface area contributed by atoms with Gasteiger partial charge in [0.2, 0.25) is 0 Å². The van der Waals surface area contributed by atoms with Gasteiger partial charge in [0, 0.05) is 14.2 Å². The van der Waals surface area contributed by atoms with E-state index in [0.29, 0.717) is 11.4 Å². The molecule has 0 aromatic carbocycles. The van der Waals surface area contributed by atoms with Crippen molar-refractivity contribution in [3.63, 3.8) is 0 Å². The molecule has 0 fully saturated rings. The van der Waals surface area contributed by atoms with E-state index in [4.69, 9.17) is 5.73 Å². The van der Waals surface area contributed by atoms with Crippen molar-refractivity contribution in [3.05, 3.63) is 11.8 Å². The van der Waals surface area contributed by atoms with Crippen LogP contribution in [-0.2, 0) is 16.6 Å². The molecule has 0 unspecified atom stereocenters. The number of nitrogens with zero attached hydrogens (tertiary/aromatic N) is 2. The lowest BCUT2D eigenvalue weighted by Crippen LogP contribution is -2.01. The van der Waals surface area contributed by atoms with Crippen molar-refractivity contribution in [1.29, 1.82) is 0 Å². The summed E-state index contributed by atoms with van der Waals surface area (Å²) in [5.41, 5.74) is 5.97. The van der Waals surface area contributed by atoms with Gasteiger partial charge in [0.15, 0.2) is 11.6 Å². The van der Waals surface area contributed by atoms with Crippen molar-refractivity contribution < 1.29 is 14.3 Å². The molecular formula is C12H23N3O3. The number of rotatable bonds is 3. The third-order valence-electron chi connectivity index (χ3n) is 1.71. The summed E-state index contributed by atoms with van der Waals surface area (Å²) in [5.74, 6) is 0.440. The Bertz CT molecular complexity index is 373. The molecule has 1 aromatic heterocycles. The van der Waals surface area contributed by atoms with Crippen LogP contribution in [0.15, 0.2) is 6.20 Å². The van der Waals surface area contributed by atoms with Crippen LogP contribution in [-0.4, -0.2) is 35.1 Å². The summed E-state index contributed by atoms with van der Waals surface area (Å²) < 4.78 is 5.92. The van der Waals surface area contributed by atoms with E-state index in [0.717, 1.165) is 0 Å². The molecular weight excluding hydrogens is 234 g/mol. The fraction of sp³-hybridized carbons (Fsp3) is 0.583.